The van der Waals surface area contributed by atoms with Crippen molar-refractivity contribution < 1.29 is 9.47 Å². The highest BCUT2D eigenvalue weighted by Crippen LogP contribution is 1.96. The molecule has 0 heterocycles. The summed E-state index contributed by atoms with van der Waals surface area (Å²) in [5.74, 6) is 0.781. The van der Waals surface area contributed by atoms with Crippen LogP contribution in [-0.2, 0) is 9.47 Å². The molecule has 0 saturated heterocycles. The Balaban J connectivity index is 3.58. The van der Waals surface area contributed by atoms with Gasteiger partial charge in [0, 0.05) is 47.0 Å². The van der Waals surface area contributed by atoms with Crippen molar-refractivity contribution in [1.82, 2.24) is 10.2 Å². The Kier molecular flexibility index (Phi) is 13.2. The predicted octanol–water partition coefficient (Wildman–Crippen LogP) is 1.61. The fraction of sp³-hybridized carbons (Fsp3) is 1.00. The SMILES string of the molecule is COCCCN(CCNCCC(C)C)CCOC. The number of nitrogens with one attached hydrogen (secondary N) is 1. The minimum absolute atomic E-state index is 0.781. The van der Waals surface area contributed by atoms with Crippen LogP contribution in [0, 0.1) is 5.92 Å². The van der Waals surface area contributed by atoms with Gasteiger partial charge in [0.05, 0.1) is 6.61 Å². The first kappa shape index (κ1) is 17.8. The predicted molar refractivity (Wildman–Crippen MR) is 77.1 cm³/mol. The van der Waals surface area contributed by atoms with Gasteiger partial charge in [-0.25, -0.2) is 0 Å². The zero-order valence-electron chi connectivity index (χ0n) is 12.7. The van der Waals surface area contributed by atoms with E-state index in [0.29, 0.717) is 0 Å². The highest BCUT2D eigenvalue weighted by molar-refractivity contribution is 4.60. The lowest BCUT2D eigenvalue weighted by atomic mass is 10.1. The fourth-order valence-electron chi connectivity index (χ4n) is 1.74. The molecule has 0 aromatic heterocycles. The van der Waals surface area contributed by atoms with Crippen molar-refractivity contribution in [3.05, 3.63) is 0 Å². The van der Waals surface area contributed by atoms with E-state index in [2.05, 4.69) is 24.1 Å². The summed E-state index contributed by atoms with van der Waals surface area (Å²) in [5, 5.41) is 3.50. The summed E-state index contributed by atoms with van der Waals surface area (Å²) < 4.78 is 10.2. The van der Waals surface area contributed by atoms with Gasteiger partial charge in [0.2, 0.25) is 0 Å². The third-order valence-corrected chi connectivity index (χ3v) is 2.94. The van der Waals surface area contributed by atoms with Gasteiger partial charge in [0.1, 0.15) is 0 Å². The summed E-state index contributed by atoms with van der Waals surface area (Å²) in [7, 11) is 3.52. The van der Waals surface area contributed by atoms with Crippen LogP contribution in [0.15, 0.2) is 0 Å². The lowest BCUT2D eigenvalue weighted by molar-refractivity contribution is 0.133. The largest absolute Gasteiger partial charge is 0.385 e. The van der Waals surface area contributed by atoms with Crippen molar-refractivity contribution in [1.29, 1.82) is 0 Å². The molecule has 1 N–H and O–H groups in total. The number of ether oxygens (including phenoxy) is 2. The average Bonchev–Trinajstić information content (AvgIpc) is 2.34. The summed E-state index contributed by atoms with van der Waals surface area (Å²) in [6.07, 6.45) is 2.34. The van der Waals surface area contributed by atoms with Crippen molar-refractivity contribution in [3.8, 4) is 0 Å². The molecule has 0 aliphatic heterocycles. The molecule has 0 saturated carbocycles. The first-order chi connectivity index (χ1) is 8.70. The second-order valence-electron chi connectivity index (χ2n) is 5.11. The smallest absolute Gasteiger partial charge is 0.0589 e. The molecule has 0 spiro atoms. The number of hydrogen-bond acceptors (Lipinski definition) is 4. The minimum Gasteiger partial charge on any atom is -0.385 e. The van der Waals surface area contributed by atoms with E-state index in [-0.39, 0.29) is 0 Å². The molecule has 0 aromatic carbocycles. The van der Waals surface area contributed by atoms with Crippen LogP contribution in [0.2, 0.25) is 0 Å². The van der Waals surface area contributed by atoms with Crippen molar-refractivity contribution in [2.45, 2.75) is 26.7 Å². The van der Waals surface area contributed by atoms with Crippen molar-refractivity contribution in [2.75, 3.05) is 60.2 Å². The molecule has 110 valence electrons. The Morgan fingerprint density at radius 3 is 2.28 bits per heavy atom. The van der Waals surface area contributed by atoms with Gasteiger partial charge < -0.3 is 14.8 Å². The second-order valence-corrected chi connectivity index (χ2v) is 5.11. The topological polar surface area (TPSA) is 33.7 Å². The monoisotopic (exact) mass is 260 g/mol. The molecule has 0 aliphatic carbocycles. The highest BCUT2D eigenvalue weighted by atomic mass is 16.5. The number of hydrogen-bond donors (Lipinski definition) is 1. The van der Waals surface area contributed by atoms with E-state index < -0.39 is 0 Å². The average molecular weight is 260 g/mol. The summed E-state index contributed by atoms with van der Waals surface area (Å²) >= 11 is 0. The van der Waals surface area contributed by atoms with Crippen LogP contribution in [-0.4, -0.2) is 65.1 Å². The van der Waals surface area contributed by atoms with Gasteiger partial charge in [-0.05, 0) is 25.3 Å². The maximum atomic E-state index is 5.14. The normalized spacial score (nSPS) is 11.7. The van der Waals surface area contributed by atoms with Crippen LogP contribution in [0.25, 0.3) is 0 Å². The van der Waals surface area contributed by atoms with E-state index in [9.17, 15) is 0 Å². The van der Waals surface area contributed by atoms with E-state index >= 15 is 0 Å². The zero-order valence-corrected chi connectivity index (χ0v) is 12.7. The Morgan fingerprint density at radius 1 is 0.944 bits per heavy atom. The van der Waals surface area contributed by atoms with Gasteiger partial charge in [0.15, 0.2) is 0 Å². The molecule has 0 aromatic rings. The number of methoxy groups -OCH3 is 2. The van der Waals surface area contributed by atoms with E-state index in [1.807, 2.05) is 0 Å². The molecule has 0 atom stereocenters. The van der Waals surface area contributed by atoms with Crippen molar-refractivity contribution in [2.24, 2.45) is 5.92 Å². The Bertz CT molecular complexity index is 166. The Labute approximate surface area is 113 Å². The van der Waals surface area contributed by atoms with Gasteiger partial charge in [-0.2, -0.15) is 0 Å². The highest BCUT2D eigenvalue weighted by Gasteiger charge is 2.04. The van der Waals surface area contributed by atoms with Crippen LogP contribution in [0.4, 0.5) is 0 Å². The summed E-state index contributed by atoms with van der Waals surface area (Å²) in [6, 6.07) is 0. The molecular weight excluding hydrogens is 228 g/mol. The molecule has 0 aliphatic rings. The third kappa shape index (κ3) is 12.3. The van der Waals surface area contributed by atoms with E-state index in [4.69, 9.17) is 9.47 Å². The quantitative estimate of drug-likeness (QED) is 0.510. The van der Waals surface area contributed by atoms with Gasteiger partial charge in [-0.15, -0.1) is 0 Å². The fourth-order valence-corrected chi connectivity index (χ4v) is 1.74. The van der Waals surface area contributed by atoms with Crippen molar-refractivity contribution >= 4 is 0 Å². The van der Waals surface area contributed by atoms with Crippen molar-refractivity contribution in [3.63, 3.8) is 0 Å². The molecule has 0 amide bonds. The maximum absolute atomic E-state index is 5.14. The third-order valence-electron chi connectivity index (χ3n) is 2.94. The summed E-state index contributed by atoms with van der Waals surface area (Å²) in [6.45, 7) is 11.5. The van der Waals surface area contributed by atoms with Gasteiger partial charge in [0.25, 0.3) is 0 Å². The first-order valence-electron chi connectivity index (χ1n) is 7.11. The van der Waals surface area contributed by atoms with E-state index in [1.165, 1.54) is 6.42 Å². The lowest BCUT2D eigenvalue weighted by Gasteiger charge is -2.22. The molecule has 0 rings (SSSR count). The van der Waals surface area contributed by atoms with Gasteiger partial charge >= 0.3 is 0 Å². The molecule has 0 unspecified atom stereocenters. The molecule has 0 fully saturated rings. The molecule has 0 radical (unpaired) electrons. The number of nitrogens with zero attached hydrogens (tertiary/aromatic N) is 1. The van der Waals surface area contributed by atoms with E-state index in [1.54, 1.807) is 14.2 Å². The maximum Gasteiger partial charge on any atom is 0.0589 e. The standard InChI is InChI=1S/C14H32N2O2/c1-14(2)6-7-15-8-10-16(11-13-18-4)9-5-12-17-3/h14-15H,5-13H2,1-4H3. The Morgan fingerprint density at radius 2 is 1.67 bits per heavy atom. The first-order valence-corrected chi connectivity index (χ1v) is 7.11. The van der Waals surface area contributed by atoms with Crippen LogP contribution in [0.3, 0.4) is 0 Å². The summed E-state index contributed by atoms with van der Waals surface area (Å²) in [5.41, 5.74) is 0. The van der Waals surface area contributed by atoms with Crippen LogP contribution in [0.1, 0.15) is 26.7 Å². The molecule has 0 bridgehead atoms. The Hall–Kier alpha value is -0.160. The molecular formula is C14H32N2O2. The van der Waals surface area contributed by atoms with Crippen LogP contribution < -0.4 is 5.32 Å². The van der Waals surface area contributed by atoms with E-state index in [0.717, 1.165) is 58.3 Å². The minimum atomic E-state index is 0.781. The number of rotatable bonds is 13. The van der Waals surface area contributed by atoms with Crippen LogP contribution >= 0.6 is 0 Å². The molecule has 4 nitrogen and oxygen atoms in total. The molecule has 18 heavy (non-hydrogen) atoms. The van der Waals surface area contributed by atoms with Crippen LogP contribution in [0.5, 0.6) is 0 Å². The lowest BCUT2D eigenvalue weighted by Crippen LogP contribution is -2.36. The second kappa shape index (κ2) is 13.3. The van der Waals surface area contributed by atoms with Gasteiger partial charge in [-0.3, -0.25) is 4.90 Å². The van der Waals surface area contributed by atoms with Gasteiger partial charge in [-0.1, -0.05) is 13.8 Å². The molecule has 4 heteroatoms. The summed E-state index contributed by atoms with van der Waals surface area (Å²) in [4.78, 5) is 2.44. The zero-order chi connectivity index (χ0) is 13.6.